The Balaban J connectivity index is 2.13. The second-order valence-electron chi connectivity index (χ2n) is 8.42. The summed E-state index contributed by atoms with van der Waals surface area (Å²) in [5.41, 5.74) is 3.05. The normalized spacial score (nSPS) is 11.6. The van der Waals surface area contributed by atoms with E-state index in [9.17, 15) is 4.79 Å². The summed E-state index contributed by atoms with van der Waals surface area (Å²) in [6.45, 7) is 10.0. The van der Waals surface area contributed by atoms with Gasteiger partial charge in [-0.05, 0) is 62.2 Å². The van der Waals surface area contributed by atoms with Crippen LogP contribution in [0.4, 0.5) is 0 Å². The van der Waals surface area contributed by atoms with Gasteiger partial charge < -0.3 is 10.1 Å². The number of rotatable bonds is 5. The first-order chi connectivity index (χ1) is 13.7. The van der Waals surface area contributed by atoms with E-state index in [1.54, 1.807) is 13.4 Å². The van der Waals surface area contributed by atoms with E-state index in [4.69, 9.17) is 4.74 Å². The first-order valence-corrected chi connectivity index (χ1v) is 9.70. The van der Waals surface area contributed by atoms with Crippen LogP contribution in [0.15, 0.2) is 48.8 Å². The van der Waals surface area contributed by atoms with Gasteiger partial charge in [0.05, 0.1) is 7.11 Å². The predicted molar refractivity (Wildman–Crippen MR) is 115 cm³/mol. The molecule has 0 spiro atoms. The molecule has 3 aromatic rings. The van der Waals surface area contributed by atoms with Crippen molar-refractivity contribution in [3.05, 3.63) is 60.2 Å². The number of hydrogen-bond donors (Lipinski definition) is 1. The van der Waals surface area contributed by atoms with Gasteiger partial charge in [-0.1, -0.05) is 26.0 Å². The molecule has 2 aromatic carbocycles. The average Bonchev–Trinajstić information content (AvgIpc) is 3.16. The van der Waals surface area contributed by atoms with Crippen molar-refractivity contribution >= 4 is 5.91 Å². The summed E-state index contributed by atoms with van der Waals surface area (Å²) in [6, 6.07) is 13.6. The van der Waals surface area contributed by atoms with Crippen molar-refractivity contribution in [3.8, 4) is 22.6 Å². The zero-order valence-corrected chi connectivity index (χ0v) is 17.9. The van der Waals surface area contributed by atoms with Crippen LogP contribution < -0.4 is 10.1 Å². The Morgan fingerprint density at radius 3 is 2.34 bits per heavy atom. The maximum absolute atomic E-state index is 12.9. The highest BCUT2D eigenvalue weighted by Gasteiger charge is 2.18. The van der Waals surface area contributed by atoms with Crippen molar-refractivity contribution in [3.63, 3.8) is 0 Å². The molecule has 0 fully saturated rings. The molecular weight excluding hydrogens is 364 g/mol. The van der Waals surface area contributed by atoms with Crippen molar-refractivity contribution < 1.29 is 9.53 Å². The summed E-state index contributed by atoms with van der Waals surface area (Å²) in [5, 5.41) is 11.4. The van der Waals surface area contributed by atoms with E-state index in [-0.39, 0.29) is 17.4 Å². The van der Waals surface area contributed by atoms with Crippen LogP contribution in [-0.4, -0.2) is 33.3 Å². The molecule has 152 valence electrons. The van der Waals surface area contributed by atoms with E-state index in [2.05, 4.69) is 29.4 Å². The molecule has 1 heterocycles. The van der Waals surface area contributed by atoms with Crippen LogP contribution in [0.25, 0.3) is 16.8 Å². The fourth-order valence-corrected chi connectivity index (χ4v) is 3.08. The molecule has 0 aliphatic carbocycles. The lowest BCUT2D eigenvalue weighted by Gasteiger charge is -2.21. The fourth-order valence-electron chi connectivity index (χ4n) is 3.08. The van der Waals surface area contributed by atoms with Crippen LogP contribution in [0.1, 0.15) is 56.7 Å². The van der Waals surface area contributed by atoms with Gasteiger partial charge in [-0.2, -0.15) is 0 Å². The lowest BCUT2D eigenvalue weighted by atomic mass is 10.00. The fraction of sp³-hybridized carbons (Fsp3) is 0.348. The zero-order valence-electron chi connectivity index (χ0n) is 17.9. The second kappa shape index (κ2) is 8.07. The molecule has 6 nitrogen and oxygen atoms in total. The van der Waals surface area contributed by atoms with E-state index in [0.29, 0.717) is 5.56 Å². The number of carbonyl (C=O) groups excluding carboxylic acids is 1. The summed E-state index contributed by atoms with van der Waals surface area (Å²) >= 11 is 0. The topological polar surface area (TPSA) is 69.0 Å². The molecule has 0 unspecified atom stereocenters. The highest BCUT2D eigenvalue weighted by molar-refractivity contribution is 5.96. The van der Waals surface area contributed by atoms with Gasteiger partial charge in [-0.25, -0.2) is 0 Å². The number of aromatic nitrogens is 3. The van der Waals surface area contributed by atoms with Crippen LogP contribution in [0.5, 0.6) is 5.75 Å². The maximum Gasteiger partial charge on any atom is 0.251 e. The summed E-state index contributed by atoms with van der Waals surface area (Å²) < 4.78 is 7.20. The number of carbonyl (C=O) groups is 1. The lowest BCUT2D eigenvalue weighted by molar-refractivity contribution is 0.0919. The molecule has 0 saturated carbocycles. The van der Waals surface area contributed by atoms with E-state index in [1.807, 2.05) is 67.8 Å². The van der Waals surface area contributed by atoms with Crippen LogP contribution in [0.2, 0.25) is 0 Å². The summed E-state index contributed by atoms with van der Waals surface area (Å²) in [7, 11) is 1.64. The standard InChI is InChI=1S/C23H28N4O2/c1-15(2)21-26-24-14-27(21)19-12-17(16-7-9-20(29-6)10-8-16)11-18(13-19)22(28)25-23(3,4)5/h7-15H,1-6H3,(H,25,28). The molecule has 3 rings (SSSR count). The maximum atomic E-state index is 12.9. The SMILES string of the molecule is COc1ccc(-c2cc(C(=O)NC(C)(C)C)cc(-n3cnnc3C(C)C)c2)cc1. The lowest BCUT2D eigenvalue weighted by Crippen LogP contribution is -2.40. The number of methoxy groups -OCH3 is 1. The van der Waals surface area contributed by atoms with E-state index < -0.39 is 0 Å². The molecule has 0 aliphatic heterocycles. The third-order valence-electron chi connectivity index (χ3n) is 4.46. The molecular formula is C23H28N4O2. The largest absolute Gasteiger partial charge is 0.497 e. The predicted octanol–water partition coefficient (Wildman–Crippen LogP) is 4.59. The Morgan fingerprint density at radius 1 is 1.07 bits per heavy atom. The van der Waals surface area contributed by atoms with Crippen molar-refractivity contribution in [1.82, 2.24) is 20.1 Å². The minimum Gasteiger partial charge on any atom is -0.497 e. The minimum atomic E-state index is -0.326. The van der Waals surface area contributed by atoms with Gasteiger partial charge in [0.2, 0.25) is 0 Å². The summed E-state index contributed by atoms with van der Waals surface area (Å²) in [5.74, 6) is 1.72. The Bertz CT molecular complexity index is 998. The first kappa shape index (κ1) is 20.6. The Kier molecular flexibility index (Phi) is 5.73. The van der Waals surface area contributed by atoms with E-state index in [0.717, 1.165) is 28.4 Å². The van der Waals surface area contributed by atoms with E-state index in [1.165, 1.54) is 0 Å². The van der Waals surface area contributed by atoms with Crippen LogP contribution in [0.3, 0.4) is 0 Å². The van der Waals surface area contributed by atoms with Gasteiger partial charge in [-0.15, -0.1) is 10.2 Å². The van der Waals surface area contributed by atoms with Crippen molar-refractivity contribution in [2.24, 2.45) is 0 Å². The van der Waals surface area contributed by atoms with Gasteiger partial charge in [0.25, 0.3) is 5.91 Å². The average molecular weight is 393 g/mol. The molecule has 0 saturated heterocycles. The number of nitrogens with zero attached hydrogens (tertiary/aromatic N) is 3. The highest BCUT2D eigenvalue weighted by atomic mass is 16.5. The molecule has 0 bridgehead atoms. The second-order valence-corrected chi connectivity index (χ2v) is 8.42. The van der Waals surface area contributed by atoms with E-state index >= 15 is 0 Å². The molecule has 1 N–H and O–H groups in total. The van der Waals surface area contributed by atoms with Crippen LogP contribution in [-0.2, 0) is 0 Å². The van der Waals surface area contributed by atoms with Gasteiger partial charge in [0.15, 0.2) is 0 Å². The van der Waals surface area contributed by atoms with Gasteiger partial charge in [-0.3, -0.25) is 9.36 Å². The number of benzene rings is 2. The zero-order chi connectivity index (χ0) is 21.2. The molecule has 0 aliphatic rings. The van der Waals surface area contributed by atoms with Crippen molar-refractivity contribution in [2.45, 2.75) is 46.1 Å². The summed E-state index contributed by atoms with van der Waals surface area (Å²) in [6.07, 6.45) is 1.69. The Morgan fingerprint density at radius 2 is 1.76 bits per heavy atom. The summed E-state index contributed by atoms with van der Waals surface area (Å²) in [4.78, 5) is 12.9. The third-order valence-corrected chi connectivity index (χ3v) is 4.46. The van der Waals surface area contributed by atoms with Gasteiger partial charge in [0.1, 0.15) is 17.9 Å². The molecule has 0 atom stereocenters. The Labute approximate surface area is 171 Å². The van der Waals surface area contributed by atoms with Crippen LogP contribution >= 0.6 is 0 Å². The molecule has 6 heteroatoms. The van der Waals surface area contributed by atoms with Crippen LogP contribution in [0, 0.1) is 0 Å². The van der Waals surface area contributed by atoms with Crippen molar-refractivity contribution in [2.75, 3.05) is 7.11 Å². The molecule has 29 heavy (non-hydrogen) atoms. The monoisotopic (exact) mass is 392 g/mol. The number of amides is 1. The third kappa shape index (κ3) is 4.83. The number of ether oxygens (including phenoxy) is 1. The smallest absolute Gasteiger partial charge is 0.251 e. The van der Waals surface area contributed by atoms with Crippen molar-refractivity contribution in [1.29, 1.82) is 0 Å². The highest BCUT2D eigenvalue weighted by Crippen LogP contribution is 2.28. The molecule has 1 aromatic heterocycles. The van der Waals surface area contributed by atoms with Gasteiger partial charge >= 0.3 is 0 Å². The number of nitrogens with one attached hydrogen (secondary N) is 1. The first-order valence-electron chi connectivity index (χ1n) is 9.70. The quantitative estimate of drug-likeness (QED) is 0.689. The molecule has 0 radical (unpaired) electrons. The minimum absolute atomic E-state index is 0.117. The van der Waals surface area contributed by atoms with Gasteiger partial charge in [0, 0.05) is 22.7 Å². The number of hydrogen-bond acceptors (Lipinski definition) is 4. The Hall–Kier alpha value is -3.15. The molecule has 1 amide bonds.